The molecule has 0 saturated heterocycles. The normalized spacial score (nSPS) is 12.6. The number of nitrogens with zero attached hydrogens (tertiary/aromatic N) is 2. The molecule has 0 aromatic rings. The summed E-state index contributed by atoms with van der Waals surface area (Å²) in [6.45, 7) is 9.99. The van der Waals surface area contributed by atoms with Crippen LogP contribution in [0.1, 0.15) is 40.5 Å². The lowest BCUT2D eigenvalue weighted by Gasteiger charge is -2.24. The van der Waals surface area contributed by atoms with Gasteiger partial charge in [-0.3, -0.25) is 9.69 Å². The summed E-state index contributed by atoms with van der Waals surface area (Å²) in [6.07, 6.45) is 1.22. The number of rotatable bonds is 8. The number of amides is 3. The van der Waals surface area contributed by atoms with Gasteiger partial charge in [0.05, 0.1) is 0 Å². The number of nitrogens with one attached hydrogen (secondary N) is 1. The molecule has 20 heavy (non-hydrogen) atoms. The smallest absolute Gasteiger partial charge is 0.324 e. The molecular weight excluding hydrogens is 254 g/mol. The lowest BCUT2D eigenvalue weighted by atomic mass is 9.94. The predicted molar refractivity (Wildman–Crippen MR) is 82.6 cm³/mol. The molecule has 3 amide bonds. The molecule has 0 spiro atoms. The first-order valence-electron chi connectivity index (χ1n) is 7.52. The average molecular weight is 285 g/mol. The Morgan fingerprint density at radius 2 is 1.70 bits per heavy atom. The van der Waals surface area contributed by atoms with E-state index in [9.17, 15) is 9.59 Å². The SMILES string of the molecule is CCNC(=O)N(CCCN(C)C)C(=O)C[C@@H](C)C(C)C. The second kappa shape index (κ2) is 9.75. The summed E-state index contributed by atoms with van der Waals surface area (Å²) in [5, 5.41) is 2.72. The van der Waals surface area contributed by atoms with Gasteiger partial charge >= 0.3 is 6.03 Å². The molecule has 0 aromatic carbocycles. The number of imide groups is 1. The van der Waals surface area contributed by atoms with Crippen molar-refractivity contribution >= 4 is 11.9 Å². The van der Waals surface area contributed by atoms with Crippen molar-refractivity contribution in [3.63, 3.8) is 0 Å². The Morgan fingerprint density at radius 3 is 2.15 bits per heavy atom. The Hall–Kier alpha value is -1.10. The molecule has 1 atom stereocenters. The average Bonchev–Trinajstić information content (AvgIpc) is 2.33. The van der Waals surface area contributed by atoms with Crippen molar-refractivity contribution < 1.29 is 9.59 Å². The van der Waals surface area contributed by atoms with Crippen molar-refractivity contribution in [3.8, 4) is 0 Å². The van der Waals surface area contributed by atoms with Gasteiger partial charge < -0.3 is 10.2 Å². The molecular formula is C15H31N3O2. The van der Waals surface area contributed by atoms with Crippen LogP contribution in [-0.4, -0.2) is 55.5 Å². The van der Waals surface area contributed by atoms with Crippen LogP contribution in [0.15, 0.2) is 0 Å². The minimum Gasteiger partial charge on any atom is -0.338 e. The Kier molecular flexibility index (Phi) is 9.21. The fraction of sp³-hybridized carbons (Fsp3) is 0.867. The molecule has 0 aliphatic rings. The van der Waals surface area contributed by atoms with Crippen LogP contribution in [-0.2, 0) is 4.79 Å². The number of hydrogen-bond donors (Lipinski definition) is 1. The maximum Gasteiger partial charge on any atom is 0.324 e. The fourth-order valence-corrected chi connectivity index (χ4v) is 1.75. The monoisotopic (exact) mass is 285 g/mol. The Bertz CT molecular complexity index is 303. The number of urea groups is 1. The van der Waals surface area contributed by atoms with Crippen LogP contribution in [0.4, 0.5) is 4.79 Å². The highest BCUT2D eigenvalue weighted by Crippen LogP contribution is 2.15. The minimum absolute atomic E-state index is 0.0732. The molecule has 0 fully saturated rings. The van der Waals surface area contributed by atoms with Gasteiger partial charge in [0.25, 0.3) is 0 Å². The van der Waals surface area contributed by atoms with E-state index in [1.165, 1.54) is 4.90 Å². The molecule has 118 valence electrons. The minimum atomic E-state index is -0.271. The first-order valence-corrected chi connectivity index (χ1v) is 7.52. The maximum atomic E-state index is 12.3. The zero-order chi connectivity index (χ0) is 15.7. The molecule has 0 rings (SSSR count). The number of carbonyl (C=O) groups is 2. The van der Waals surface area contributed by atoms with Gasteiger partial charge in [0.2, 0.25) is 5.91 Å². The van der Waals surface area contributed by atoms with E-state index >= 15 is 0 Å². The molecule has 0 radical (unpaired) electrons. The van der Waals surface area contributed by atoms with Gasteiger partial charge in [-0.1, -0.05) is 20.8 Å². The predicted octanol–water partition coefficient (Wildman–Crippen LogP) is 2.18. The van der Waals surface area contributed by atoms with Crippen molar-refractivity contribution in [2.24, 2.45) is 11.8 Å². The molecule has 0 aromatic heterocycles. The summed E-state index contributed by atoms with van der Waals surface area (Å²) in [7, 11) is 3.97. The van der Waals surface area contributed by atoms with Gasteiger partial charge in [0.15, 0.2) is 0 Å². The van der Waals surface area contributed by atoms with E-state index in [-0.39, 0.29) is 17.9 Å². The quantitative estimate of drug-likeness (QED) is 0.743. The molecule has 0 aliphatic heterocycles. The summed E-state index contributed by atoms with van der Waals surface area (Å²) >= 11 is 0. The van der Waals surface area contributed by atoms with Gasteiger partial charge in [-0.05, 0) is 45.8 Å². The van der Waals surface area contributed by atoms with E-state index in [0.717, 1.165) is 13.0 Å². The van der Waals surface area contributed by atoms with E-state index in [0.29, 0.717) is 25.4 Å². The summed E-state index contributed by atoms with van der Waals surface area (Å²) in [5.41, 5.74) is 0. The second-order valence-corrected chi connectivity index (χ2v) is 5.96. The highest BCUT2D eigenvalue weighted by Gasteiger charge is 2.23. The van der Waals surface area contributed by atoms with Crippen LogP contribution in [0.3, 0.4) is 0 Å². The van der Waals surface area contributed by atoms with E-state index in [1.807, 2.05) is 21.0 Å². The first-order chi connectivity index (χ1) is 9.29. The lowest BCUT2D eigenvalue weighted by molar-refractivity contribution is -0.129. The molecule has 0 aliphatic carbocycles. The topological polar surface area (TPSA) is 52.7 Å². The summed E-state index contributed by atoms with van der Waals surface area (Å²) in [4.78, 5) is 27.7. The summed E-state index contributed by atoms with van der Waals surface area (Å²) in [5.74, 6) is 0.654. The Labute approximate surface area is 123 Å². The van der Waals surface area contributed by atoms with E-state index in [1.54, 1.807) is 0 Å². The zero-order valence-electron chi connectivity index (χ0n) is 13.9. The number of hydrogen-bond acceptors (Lipinski definition) is 3. The zero-order valence-corrected chi connectivity index (χ0v) is 13.9. The van der Waals surface area contributed by atoms with E-state index in [4.69, 9.17) is 0 Å². The van der Waals surface area contributed by atoms with Gasteiger partial charge in [0.1, 0.15) is 0 Å². The lowest BCUT2D eigenvalue weighted by Crippen LogP contribution is -2.45. The van der Waals surface area contributed by atoms with Crippen molar-refractivity contribution in [2.45, 2.75) is 40.5 Å². The van der Waals surface area contributed by atoms with Crippen molar-refractivity contribution in [2.75, 3.05) is 33.7 Å². The molecule has 0 unspecified atom stereocenters. The Morgan fingerprint density at radius 1 is 1.10 bits per heavy atom. The standard InChI is InChI=1S/C15H31N3O2/c1-7-16-15(20)18(10-8-9-17(5)6)14(19)11-13(4)12(2)3/h12-13H,7-11H2,1-6H3,(H,16,20)/t13-/m1/s1. The van der Waals surface area contributed by atoms with Crippen LogP contribution >= 0.6 is 0 Å². The van der Waals surface area contributed by atoms with Crippen LogP contribution in [0, 0.1) is 11.8 Å². The van der Waals surface area contributed by atoms with Crippen LogP contribution in [0.5, 0.6) is 0 Å². The molecule has 5 nitrogen and oxygen atoms in total. The van der Waals surface area contributed by atoms with Gasteiger partial charge in [-0.25, -0.2) is 4.79 Å². The highest BCUT2D eigenvalue weighted by atomic mass is 16.2. The van der Waals surface area contributed by atoms with E-state index in [2.05, 4.69) is 31.0 Å². The first kappa shape index (κ1) is 18.9. The summed E-state index contributed by atoms with van der Waals surface area (Å²) in [6, 6.07) is -0.271. The summed E-state index contributed by atoms with van der Waals surface area (Å²) < 4.78 is 0. The maximum absolute atomic E-state index is 12.3. The second-order valence-electron chi connectivity index (χ2n) is 5.96. The Balaban J connectivity index is 4.57. The van der Waals surface area contributed by atoms with Crippen LogP contribution < -0.4 is 5.32 Å². The van der Waals surface area contributed by atoms with E-state index < -0.39 is 0 Å². The molecule has 1 N–H and O–H groups in total. The number of carbonyl (C=O) groups excluding carboxylic acids is 2. The third kappa shape index (κ3) is 7.48. The van der Waals surface area contributed by atoms with Gasteiger partial charge in [0, 0.05) is 19.5 Å². The van der Waals surface area contributed by atoms with Crippen molar-refractivity contribution in [3.05, 3.63) is 0 Å². The highest BCUT2D eigenvalue weighted by molar-refractivity contribution is 5.94. The van der Waals surface area contributed by atoms with Crippen LogP contribution in [0.25, 0.3) is 0 Å². The third-order valence-electron chi connectivity index (χ3n) is 3.50. The van der Waals surface area contributed by atoms with Gasteiger partial charge in [-0.15, -0.1) is 0 Å². The van der Waals surface area contributed by atoms with Gasteiger partial charge in [-0.2, -0.15) is 0 Å². The molecule has 5 heteroatoms. The molecule has 0 saturated carbocycles. The van der Waals surface area contributed by atoms with Crippen LogP contribution in [0.2, 0.25) is 0 Å². The third-order valence-corrected chi connectivity index (χ3v) is 3.50. The molecule has 0 bridgehead atoms. The largest absolute Gasteiger partial charge is 0.338 e. The van der Waals surface area contributed by atoms with Crippen molar-refractivity contribution in [1.82, 2.24) is 15.1 Å². The molecule has 0 heterocycles. The van der Waals surface area contributed by atoms with Crippen molar-refractivity contribution in [1.29, 1.82) is 0 Å². The fourth-order valence-electron chi connectivity index (χ4n) is 1.75.